The van der Waals surface area contributed by atoms with Crippen LogP contribution in [0.3, 0.4) is 0 Å². The van der Waals surface area contributed by atoms with Crippen LogP contribution < -0.4 is 16.1 Å². The zero-order valence-electron chi connectivity index (χ0n) is 17.1. The van der Waals surface area contributed by atoms with Gasteiger partial charge in [0.15, 0.2) is 0 Å². The van der Waals surface area contributed by atoms with E-state index in [1.165, 1.54) is 0 Å². The van der Waals surface area contributed by atoms with Crippen molar-refractivity contribution in [1.82, 2.24) is 20.7 Å². The average molecular weight is 440 g/mol. The number of urea groups is 1. The first kappa shape index (κ1) is 20.3. The van der Waals surface area contributed by atoms with E-state index in [2.05, 4.69) is 16.1 Å². The molecule has 2 aromatic carbocycles. The highest BCUT2D eigenvalue weighted by molar-refractivity contribution is 6.30. The smallest absolute Gasteiger partial charge is 0.325 e. The zero-order chi connectivity index (χ0) is 21.4. The van der Waals surface area contributed by atoms with Gasteiger partial charge in [-0.2, -0.15) is 0 Å². The summed E-state index contributed by atoms with van der Waals surface area (Å²) in [5.41, 5.74) is 5.09. The van der Waals surface area contributed by atoms with Crippen LogP contribution in [0.5, 0.6) is 0 Å². The van der Waals surface area contributed by atoms with Gasteiger partial charge < -0.3 is 10.2 Å². The third kappa shape index (κ3) is 4.01. The molecule has 2 aromatic rings. The number of carbonyl (C=O) groups is 2. The summed E-state index contributed by atoms with van der Waals surface area (Å²) in [6, 6.07) is 16.9. The quantitative estimate of drug-likeness (QED) is 0.678. The van der Waals surface area contributed by atoms with Gasteiger partial charge >= 0.3 is 6.03 Å². The van der Waals surface area contributed by atoms with Crippen molar-refractivity contribution in [2.24, 2.45) is 5.92 Å². The fourth-order valence-corrected chi connectivity index (χ4v) is 5.18. The fourth-order valence-electron chi connectivity index (χ4n) is 5.06. The number of nitrogens with one attached hydrogen (secondary N) is 3. The second-order valence-electron chi connectivity index (χ2n) is 8.44. The number of carbonyl (C=O) groups excluding carboxylic acids is 2. The molecule has 2 saturated heterocycles. The summed E-state index contributed by atoms with van der Waals surface area (Å²) in [4.78, 5) is 27.9. The van der Waals surface area contributed by atoms with E-state index in [1.54, 1.807) is 34.2 Å². The Kier molecular flexibility index (Phi) is 5.56. The minimum Gasteiger partial charge on any atom is -0.325 e. The molecule has 8 heteroatoms. The topological polar surface area (TPSA) is 76.7 Å². The third-order valence-electron chi connectivity index (χ3n) is 6.50. The first-order chi connectivity index (χ1) is 15.1. The minimum absolute atomic E-state index is 0.0313. The Morgan fingerprint density at radius 2 is 1.81 bits per heavy atom. The van der Waals surface area contributed by atoms with Crippen LogP contribution in [0.2, 0.25) is 5.02 Å². The maximum absolute atomic E-state index is 13.4. The highest BCUT2D eigenvalue weighted by Crippen LogP contribution is 2.39. The Hall–Kier alpha value is -2.61. The summed E-state index contributed by atoms with van der Waals surface area (Å²) in [7, 11) is 0. The number of amides is 3. The predicted molar refractivity (Wildman–Crippen MR) is 119 cm³/mol. The van der Waals surface area contributed by atoms with Crippen molar-refractivity contribution in [3.63, 3.8) is 0 Å². The van der Waals surface area contributed by atoms with Crippen LogP contribution in [0.15, 0.2) is 54.6 Å². The van der Waals surface area contributed by atoms with Crippen LogP contribution in [-0.4, -0.2) is 40.6 Å². The molecule has 0 bridgehead atoms. The molecule has 3 fully saturated rings. The molecule has 3 aliphatic rings. The Bertz CT molecular complexity index is 954. The summed E-state index contributed by atoms with van der Waals surface area (Å²) < 4.78 is 0. The van der Waals surface area contributed by atoms with Crippen molar-refractivity contribution in [3.05, 3.63) is 65.2 Å². The van der Waals surface area contributed by atoms with E-state index in [0.29, 0.717) is 10.7 Å². The maximum Gasteiger partial charge on any atom is 0.336 e. The summed E-state index contributed by atoms with van der Waals surface area (Å²) in [5, 5.41) is 8.80. The van der Waals surface area contributed by atoms with Crippen molar-refractivity contribution < 1.29 is 9.59 Å². The zero-order valence-corrected chi connectivity index (χ0v) is 17.9. The Morgan fingerprint density at radius 1 is 1.06 bits per heavy atom. The van der Waals surface area contributed by atoms with Crippen LogP contribution in [0.4, 0.5) is 10.5 Å². The number of hydrogen-bond acceptors (Lipinski definition) is 4. The third-order valence-corrected chi connectivity index (χ3v) is 6.75. The summed E-state index contributed by atoms with van der Waals surface area (Å²) in [6.07, 6.45) is 3.98. The van der Waals surface area contributed by atoms with Crippen molar-refractivity contribution in [3.8, 4) is 0 Å². The number of rotatable bonds is 4. The van der Waals surface area contributed by atoms with Crippen molar-refractivity contribution in [1.29, 1.82) is 0 Å². The van der Waals surface area contributed by atoms with Gasteiger partial charge in [-0.1, -0.05) is 54.8 Å². The van der Waals surface area contributed by atoms with Crippen LogP contribution in [0, 0.1) is 5.92 Å². The number of nitrogens with zero attached hydrogens (tertiary/aromatic N) is 2. The second-order valence-corrected chi connectivity index (χ2v) is 8.87. The lowest BCUT2D eigenvalue weighted by Crippen LogP contribution is -2.66. The van der Waals surface area contributed by atoms with Gasteiger partial charge in [-0.25, -0.2) is 15.2 Å². The molecule has 7 nitrogen and oxygen atoms in total. The average Bonchev–Trinajstić information content (AvgIpc) is 3.25. The van der Waals surface area contributed by atoms with Gasteiger partial charge in [-0.15, -0.1) is 0 Å². The Morgan fingerprint density at radius 3 is 2.58 bits per heavy atom. The molecule has 3 amide bonds. The predicted octanol–water partition coefficient (Wildman–Crippen LogP) is 3.71. The lowest BCUT2D eigenvalue weighted by Gasteiger charge is -2.49. The van der Waals surface area contributed by atoms with Gasteiger partial charge in [-0.05, 0) is 42.7 Å². The van der Waals surface area contributed by atoms with E-state index in [-0.39, 0.29) is 42.8 Å². The minimum atomic E-state index is -0.204. The van der Waals surface area contributed by atoms with E-state index >= 15 is 0 Å². The van der Waals surface area contributed by atoms with Gasteiger partial charge in [0.2, 0.25) is 5.91 Å². The number of hydrogen-bond donors (Lipinski definition) is 3. The summed E-state index contributed by atoms with van der Waals surface area (Å²) in [5.74, 6) is 0.0706. The first-order valence-corrected chi connectivity index (χ1v) is 11.2. The molecule has 2 heterocycles. The van der Waals surface area contributed by atoms with Gasteiger partial charge in [-0.3, -0.25) is 10.1 Å². The molecule has 4 atom stereocenters. The number of fused-ring (bicyclic) bond motifs is 3. The van der Waals surface area contributed by atoms with E-state index in [9.17, 15) is 9.59 Å². The van der Waals surface area contributed by atoms with Crippen molar-refractivity contribution in [2.45, 2.75) is 44.1 Å². The SMILES string of the molecule is O=C(CN1C(=O)N2NC(c3ccccc3)NC2C2CCCCC21)Nc1ccc(Cl)cc1. The largest absolute Gasteiger partial charge is 0.336 e. The molecule has 162 valence electrons. The monoisotopic (exact) mass is 439 g/mol. The van der Waals surface area contributed by atoms with Crippen molar-refractivity contribution >= 4 is 29.2 Å². The van der Waals surface area contributed by atoms with Gasteiger partial charge in [0.25, 0.3) is 0 Å². The molecule has 1 saturated carbocycles. The molecule has 5 rings (SSSR count). The lowest BCUT2D eigenvalue weighted by atomic mass is 9.80. The van der Waals surface area contributed by atoms with Crippen LogP contribution >= 0.6 is 11.6 Å². The van der Waals surface area contributed by atoms with E-state index in [0.717, 1.165) is 31.2 Å². The molecule has 0 spiro atoms. The molecular formula is C23H26ClN5O2. The molecule has 2 aliphatic heterocycles. The van der Waals surface area contributed by atoms with Crippen LogP contribution in [0.1, 0.15) is 37.4 Å². The molecular weight excluding hydrogens is 414 g/mol. The van der Waals surface area contributed by atoms with Gasteiger partial charge in [0, 0.05) is 22.7 Å². The summed E-state index contributed by atoms with van der Waals surface area (Å²) >= 11 is 5.92. The molecule has 31 heavy (non-hydrogen) atoms. The molecule has 4 unspecified atom stereocenters. The Labute approximate surface area is 186 Å². The highest BCUT2D eigenvalue weighted by Gasteiger charge is 2.51. The molecule has 0 radical (unpaired) electrons. The normalized spacial score (nSPS) is 27.6. The van der Waals surface area contributed by atoms with Gasteiger partial charge in [0.1, 0.15) is 18.9 Å². The molecule has 3 N–H and O–H groups in total. The molecule has 0 aromatic heterocycles. The Balaban J connectivity index is 1.34. The first-order valence-electron chi connectivity index (χ1n) is 10.8. The van der Waals surface area contributed by atoms with Crippen molar-refractivity contribution in [2.75, 3.05) is 11.9 Å². The van der Waals surface area contributed by atoms with Gasteiger partial charge in [0.05, 0.1) is 0 Å². The number of benzene rings is 2. The van der Waals surface area contributed by atoms with E-state index in [1.807, 2.05) is 30.3 Å². The highest BCUT2D eigenvalue weighted by atomic mass is 35.5. The number of hydrazine groups is 1. The van der Waals surface area contributed by atoms with E-state index in [4.69, 9.17) is 11.6 Å². The summed E-state index contributed by atoms with van der Waals surface area (Å²) in [6.45, 7) is 0.0313. The second kappa shape index (κ2) is 8.49. The molecule has 1 aliphatic carbocycles. The lowest BCUT2D eigenvalue weighted by molar-refractivity contribution is -0.118. The van der Waals surface area contributed by atoms with Crippen LogP contribution in [-0.2, 0) is 4.79 Å². The number of halogens is 1. The standard InChI is InChI=1S/C23H26ClN5O2/c24-16-10-12-17(13-11-16)25-20(30)14-28-19-9-5-4-8-18(19)22-26-21(27-29(22)23(28)31)15-6-2-1-3-7-15/h1-3,6-7,10-13,18-19,21-22,26-27H,4-5,8-9,14H2,(H,25,30). The van der Waals surface area contributed by atoms with E-state index < -0.39 is 0 Å². The maximum atomic E-state index is 13.4. The fraction of sp³-hybridized carbons (Fsp3) is 0.391. The van der Waals surface area contributed by atoms with Crippen LogP contribution in [0.25, 0.3) is 0 Å². The number of anilines is 1.